The molecule has 3 N–H and O–H groups in total. The van der Waals surface area contributed by atoms with Gasteiger partial charge in [-0.1, -0.05) is 11.6 Å². The highest BCUT2D eigenvalue weighted by Gasteiger charge is 2.29. The number of hydrogen-bond acceptors (Lipinski definition) is 6. The third kappa shape index (κ3) is 8.06. The molecule has 0 saturated carbocycles. The molecule has 0 spiro atoms. The van der Waals surface area contributed by atoms with E-state index in [1.165, 1.54) is 31.2 Å². The first-order valence-corrected chi connectivity index (χ1v) is 10.7. The zero-order valence-corrected chi connectivity index (χ0v) is 19.5. The largest absolute Gasteiger partial charge is 0.507 e. The van der Waals surface area contributed by atoms with E-state index in [0.29, 0.717) is 5.56 Å². The molecule has 190 valence electrons. The Kier molecular flexibility index (Phi) is 9.35. The number of carbonyl (C=O) groups excluding carboxylic acids is 2. The second-order valence-corrected chi connectivity index (χ2v) is 7.92. The van der Waals surface area contributed by atoms with Gasteiger partial charge in [0, 0.05) is 30.2 Å². The number of halogens is 4. The van der Waals surface area contributed by atoms with E-state index in [2.05, 4.69) is 5.32 Å². The highest BCUT2D eigenvalue weighted by atomic mass is 35.5. The summed E-state index contributed by atoms with van der Waals surface area (Å²) in [5, 5.41) is 21.5. The minimum absolute atomic E-state index is 0.00393. The maximum absolute atomic E-state index is 12.7. The number of nitrogens with one attached hydrogen (secondary N) is 1. The maximum Gasteiger partial charge on any atom is 0.394 e. The standard InChI is InChI=1S/C23H23ClF3NO7/c1-12-10-16(24)19(11-17(12)28-21(31)22(32)33)35-9-3-8-34-18-5-4-14(13(2)29)20(30)15(18)6-7-23(25,26)27/h4-5,10-11,30H,3,6-9H2,1-2H3,(H,28,31)(H,32,33). The Hall–Kier alpha value is -3.47. The predicted molar refractivity (Wildman–Crippen MR) is 121 cm³/mol. The highest BCUT2D eigenvalue weighted by Crippen LogP contribution is 2.35. The van der Waals surface area contributed by atoms with Crippen LogP contribution in [0, 0.1) is 6.92 Å². The molecule has 35 heavy (non-hydrogen) atoms. The van der Waals surface area contributed by atoms with Crippen molar-refractivity contribution in [3.63, 3.8) is 0 Å². The molecule has 1 amide bonds. The summed E-state index contributed by atoms with van der Waals surface area (Å²) in [5.41, 5.74) is 0.498. The number of carbonyl (C=O) groups is 3. The molecule has 12 heteroatoms. The number of benzene rings is 2. The number of amides is 1. The van der Waals surface area contributed by atoms with E-state index in [1.54, 1.807) is 6.92 Å². The molecule has 0 aromatic heterocycles. The van der Waals surface area contributed by atoms with Crippen molar-refractivity contribution in [1.82, 2.24) is 0 Å². The summed E-state index contributed by atoms with van der Waals surface area (Å²) in [6, 6.07) is 5.46. The molecule has 0 aliphatic heterocycles. The molecule has 0 fully saturated rings. The Morgan fingerprint density at radius 3 is 2.29 bits per heavy atom. The average Bonchev–Trinajstić information content (AvgIpc) is 2.74. The second kappa shape index (κ2) is 11.8. The molecule has 0 unspecified atom stereocenters. The van der Waals surface area contributed by atoms with Crippen molar-refractivity contribution in [2.24, 2.45) is 0 Å². The lowest BCUT2D eigenvalue weighted by molar-refractivity contribution is -0.147. The first kappa shape index (κ1) is 27.8. The van der Waals surface area contributed by atoms with Crippen molar-refractivity contribution in [3.8, 4) is 17.2 Å². The zero-order valence-electron chi connectivity index (χ0n) is 18.8. The van der Waals surface area contributed by atoms with E-state index < -0.39 is 42.4 Å². The number of phenols is 1. The van der Waals surface area contributed by atoms with E-state index >= 15 is 0 Å². The monoisotopic (exact) mass is 517 g/mol. The van der Waals surface area contributed by atoms with Crippen LogP contribution in [0.15, 0.2) is 24.3 Å². The first-order valence-electron chi connectivity index (χ1n) is 10.3. The highest BCUT2D eigenvalue weighted by molar-refractivity contribution is 6.36. The number of hydrogen-bond donors (Lipinski definition) is 3. The Morgan fingerprint density at radius 2 is 1.71 bits per heavy atom. The summed E-state index contributed by atoms with van der Waals surface area (Å²) >= 11 is 6.13. The van der Waals surface area contributed by atoms with Crippen LogP contribution < -0.4 is 14.8 Å². The molecule has 0 radical (unpaired) electrons. The van der Waals surface area contributed by atoms with Crippen LogP contribution >= 0.6 is 11.6 Å². The lowest BCUT2D eigenvalue weighted by Gasteiger charge is -2.16. The number of carboxylic acid groups (broad SMARTS) is 1. The van der Waals surface area contributed by atoms with Gasteiger partial charge in [-0.05, 0) is 44.0 Å². The van der Waals surface area contributed by atoms with E-state index in [1.807, 2.05) is 0 Å². The third-order valence-corrected chi connectivity index (χ3v) is 5.10. The third-order valence-electron chi connectivity index (χ3n) is 4.80. The van der Waals surface area contributed by atoms with Crippen LogP contribution in [-0.4, -0.2) is 47.3 Å². The Bertz CT molecular complexity index is 1120. The van der Waals surface area contributed by atoms with E-state index in [-0.39, 0.29) is 53.0 Å². The molecule has 0 bridgehead atoms. The smallest absolute Gasteiger partial charge is 0.394 e. The van der Waals surface area contributed by atoms with Crippen LogP contribution in [0.4, 0.5) is 18.9 Å². The topological polar surface area (TPSA) is 122 Å². The molecule has 0 aliphatic carbocycles. The number of aryl methyl sites for hydroxylation is 1. The SMILES string of the molecule is CC(=O)c1ccc(OCCCOc2cc(NC(=O)C(=O)O)c(C)cc2Cl)c(CCC(F)(F)F)c1O. The Morgan fingerprint density at radius 1 is 1.09 bits per heavy atom. The number of carboxylic acids is 1. The molecule has 8 nitrogen and oxygen atoms in total. The summed E-state index contributed by atoms with van der Waals surface area (Å²) in [6.45, 7) is 2.87. The van der Waals surface area contributed by atoms with Gasteiger partial charge in [-0.2, -0.15) is 13.2 Å². The van der Waals surface area contributed by atoms with E-state index in [9.17, 15) is 32.7 Å². The average molecular weight is 518 g/mol. The lowest BCUT2D eigenvalue weighted by atomic mass is 10.0. The minimum Gasteiger partial charge on any atom is -0.507 e. The normalized spacial score (nSPS) is 11.1. The van der Waals surface area contributed by atoms with Crippen LogP contribution in [0.5, 0.6) is 17.2 Å². The molecule has 0 atom stereocenters. The quantitative estimate of drug-likeness (QED) is 0.232. The van der Waals surface area contributed by atoms with Crippen LogP contribution in [0.25, 0.3) is 0 Å². The van der Waals surface area contributed by atoms with Gasteiger partial charge < -0.3 is 25.0 Å². The van der Waals surface area contributed by atoms with Gasteiger partial charge in [-0.15, -0.1) is 0 Å². The van der Waals surface area contributed by atoms with Crippen LogP contribution in [0.3, 0.4) is 0 Å². The van der Waals surface area contributed by atoms with Crippen molar-refractivity contribution in [2.75, 3.05) is 18.5 Å². The van der Waals surface area contributed by atoms with Crippen molar-refractivity contribution >= 4 is 34.9 Å². The summed E-state index contributed by atoms with van der Waals surface area (Å²) in [7, 11) is 0. The van der Waals surface area contributed by atoms with Crippen LogP contribution in [0.2, 0.25) is 5.02 Å². The molecule has 0 aliphatic rings. The van der Waals surface area contributed by atoms with Crippen molar-refractivity contribution in [1.29, 1.82) is 0 Å². The van der Waals surface area contributed by atoms with Gasteiger partial charge in [0.05, 0.1) is 23.8 Å². The molecule has 2 aromatic carbocycles. The van der Waals surface area contributed by atoms with E-state index in [4.69, 9.17) is 26.2 Å². The van der Waals surface area contributed by atoms with Crippen molar-refractivity contribution < 1.29 is 47.2 Å². The maximum atomic E-state index is 12.7. The molecule has 0 heterocycles. The summed E-state index contributed by atoms with van der Waals surface area (Å²) in [6.07, 6.45) is -5.96. The van der Waals surface area contributed by atoms with Gasteiger partial charge in [0.1, 0.15) is 17.2 Å². The molecular formula is C23H23ClF3NO7. The second-order valence-electron chi connectivity index (χ2n) is 7.52. The molecule has 0 saturated heterocycles. The van der Waals surface area contributed by atoms with E-state index in [0.717, 1.165) is 0 Å². The lowest BCUT2D eigenvalue weighted by Crippen LogP contribution is -2.22. The summed E-state index contributed by atoms with van der Waals surface area (Å²) < 4.78 is 49.2. The number of rotatable bonds is 10. The number of ketones is 1. The first-order chi connectivity index (χ1) is 16.3. The Balaban J connectivity index is 2.03. The zero-order chi connectivity index (χ0) is 26.3. The van der Waals surface area contributed by atoms with Gasteiger partial charge in [0.15, 0.2) is 5.78 Å². The fourth-order valence-corrected chi connectivity index (χ4v) is 3.32. The fraction of sp³-hybridized carbons (Fsp3) is 0.348. The fourth-order valence-electron chi connectivity index (χ4n) is 3.04. The number of phenolic OH excluding ortho intramolecular Hbond substituents is 1. The summed E-state index contributed by atoms with van der Waals surface area (Å²) in [5.74, 6) is -3.73. The van der Waals surface area contributed by atoms with Gasteiger partial charge >= 0.3 is 18.1 Å². The number of anilines is 1. The predicted octanol–water partition coefficient (Wildman–Crippen LogP) is 4.92. The van der Waals surface area contributed by atoms with Crippen LogP contribution in [0.1, 0.15) is 41.3 Å². The number of alkyl halides is 3. The number of aliphatic carboxylic acids is 1. The molecular weight excluding hydrogens is 495 g/mol. The molecule has 2 rings (SSSR count). The summed E-state index contributed by atoms with van der Waals surface area (Å²) in [4.78, 5) is 33.8. The number of ether oxygens (including phenoxy) is 2. The van der Waals surface area contributed by atoms with Gasteiger partial charge in [0.25, 0.3) is 0 Å². The van der Waals surface area contributed by atoms with Gasteiger partial charge in [-0.3, -0.25) is 9.59 Å². The molecule has 2 aromatic rings. The van der Waals surface area contributed by atoms with Gasteiger partial charge in [0.2, 0.25) is 0 Å². The van der Waals surface area contributed by atoms with Gasteiger partial charge in [-0.25, -0.2) is 4.79 Å². The van der Waals surface area contributed by atoms with Crippen molar-refractivity contribution in [2.45, 2.75) is 39.3 Å². The number of Topliss-reactive ketones (excluding diaryl/α,β-unsaturated/α-hetero) is 1. The number of aromatic hydroxyl groups is 1. The van der Waals surface area contributed by atoms with Crippen molar-refractivity contribution in [3.05, 3.63) is 46.0 Å². The van der Waals surface area contributed by atoms with Crippen LogP contribution in [-0.2, 0) is 16.0 Å². The minimum atomic E-state index is -4.46. The Labute approximate surface area is 203 Å².